The van der Waals surface area contributed by atoms with E-state index in [1.165, 1.54) is 18.4 Å². The molecule has 90 valence electrons. The van der Waals surface area contributed by atoms with E-state index in [1.54, 1.807) is 0 Å². The molecule has 0 heterocycles. The Labute approximate surface area is 106 Å². The molecule has 0 radical (unpaired) electrons. The Morgan fingerprint density at radius 2 is 2.12 bits per heavy atom. The molecule has 2 N–H and O–H groups in total. The van der Waals surface area contributed by atoms with E-state index >= 15 is 0 Å². The molecule has 1 atom stereocenters. The molecule has 0 saturated carbocycles. The first kappa shape index (κ1) is 13.5. The van der Waals surface area contributed by atoms with Gasteiger partial charge in [-0.1, -0.05) is 25.8 Å². The minimum atomic E-state index is 0.131. The van der Waals surface area contributed by atoms with Gasteiger partial charge in [-0.25, -0.2) is 0 Å². The fourth-order valence-corrected chi connectivity index (χ4v) is 2.12. The van der Waals surface area contributed by atoms with Gasteiger partial charge in [0.15, 0.2) is 0 Å². The highest BCUT2D eigenvalue weighted by Gasteiger charge is 2.08. The number of unbranched alkanes of at least 4 members (excludes halogenated alkanes) is 1. The van der Waals surface area contributed by atoms with Crippen molar-refractivity contribution in [1.29, 1.82) is 0 Å². The summed E-state index contributed by atoms with van der Waals surface area (Å²) in [5.41, 5.74) is 7.28. The zero-order valence-corrected chi connectivity index (χ0v) is 11.6. The predicted octanol–water partition coefficient (Wildman–Crippen LogP) is 4.04. The average Bonchev–Trinajstić information content (AvgIpc) is 2.29. The van der Waals surface area contributed by atoms with Crippen molar-refractivity contribution in [3.05, 3.63) is 28.2 Å². The molecule has 2 nitrogen and oxygen atoms in total. The van der Waals surface area contributed by atoms with Crippen molar-refractivity contribution in [2.45, 2.75) is 39.2 Å². The Kier molecular flexibility index (Phi) is 5.85. The van der Waals surface area contributed by atoms with Crippen molar-refractivity contribution in [2.24, 2.45) is 5.73 Å². The first-order valence-corrected chi connectivity index (χ1v) is 6.66. The standard InChI is InChI=1S/C13H20BrNO/c1-3-5-6-12(15)10-7-8-13(16-4-2)11(14)9-10/h7-9,12H,3-6,15H2,1-2H3. The van der Waals surface area contributed by atoms with Crippen LogP contribution in [-0.2, 0) is 0 Å². The molecule has 1 rings (SSSR count). The van der Waals surface area contributed by atoms with Gasteiger partial charge in [0, 0.05) is 6.04 Å². The van der Waals surface area contributed by atoms with E-state index in [-0.39, 0.29) is 6.04 Å². The SMILES string of the molecule is CCCCC(N)c1ccc(OCC)c(Br)c1. The van der Waals surface area contributed by atoms with E-state index in [1.807, 2.05) is 13.0 Å². The molecule has 0 fully saturated rings. The summed E-state index contributed by atoms with van der Waals surface area (Å²) >= 11 is 3.50. The number of hydrogen-bond donors (Lipinski definition) is 1. The summed E-state index contributed by atoms with van der Waals surface area (Å²) in [7, 11) is 0. The van der Waals surface area contributed by atoms with Gasteiger partial charge in [0.05, 0.1) is 11.1 Å². The second kappa shape index (κ2) is 6.92. The van der Waals surface area contributed by atoms with Gasteiger partial charge in [0.1, 0.15) is 5.75 Å². The van der Waals surface area contributed by atoms with Crippen LogP contribution in [0, 0.1) is 0 Å². The van der Waals surface area contributed by atoms with Gasteiger partial charge >= 0.3 is 0 Å². The van der Waals surface area contributed by atoms with E-state index in [0.717, 1.165) is 16.6 Å². The number of halogens is 1. The van der Waals surface area contributed by atoms with Crippen LogP contribution in [-0.4, -0.2) is 6.61 Å². The zero-order chi connectivity index (χ0) is 12.0. The van der Waals surface area contributed by atoms with E-state index in [2.05, 4.69) is 35.0 Å². The summed E-state index contributed by atoms with van der Waals surface area (Å²) in [6.45, 7) is 4.84. The number of ether oxygens (including phenoxy) is 1. The molecule has 0 aliphatic rings. The van der Waals surface area contributed by atoms with Gasteiger partial charge in [-0.15, -0.1) is 0 Å². The second-order valence-electron chi connectivity index (χ2n) is 3.87. The number of hydrogen-bond acceptors (Lipinski definition) is 2. The van der Waals surface area contributed by atoms with Crippen LogP contribution in [0.5, 0.6) is 5.75 Å². The van der Waals surface area contributed by atoms with Crippen molar-refractivity contribution < 1.29 is 4.74 Å². The maximum Gasteiger partial charge on any atom is 0.133 e. The summed E-state index contributed by atoms with van der Waals surface area (Å²) in [6, 6.07) is 6.22. The van der Waals surface area contributed by atoms with Crippen LogP contribution in [0.25, 0.3) is 0 Å². The molecule has 0 aliphatic heterocycles. The Hall–Kier alpha value is -0.540. The predicted molar refractivity (Wildman–Crippen MR) is 71.8 cm³/mol. The molecule has 3 heteroatoms. The van der Waals surface area contributed by atoms with Crippen molar-refractivity contribution in [3.8, 4) is 5.75 Å². The highest BCUT2D eigenvalue weighted by Crippen LogP contribution is 2.29. The third-order valence-electron chi connectivity index (χ3n) is 2.55. The van der Waals surface area contributed by atoms with Crippen LogP contribution in [0.15, 0.2) is 22.7 Å². The number of benzene rings is 1. The lowest BCUT2D eigenvalue weighted by Crippen LogP contribution is -2.10. The van der Waals surface area contributed by atoms with Gasteiger partial charge in [-0.3, -0.25) is 0 Å². The fraction of sp³-hybridized carbons (Fsp3) is 0.538. The van der Waals surface area contributed by atoms with Crippen molar-refractivity contribution in [2.75, 3.05) is 6.61 Å². The summed E-state index contributed by atoms with van der Waals surface area (Å²) in [5, 5.41) is 0. The van der Waals surface area contributed by atoms with Gasteiger partial charge in [0.25, 0.3) is 0 Å². The second-order valence-corrected chi connectivity index (χ2v) is 4.73. The summed E-state index contributed by atoms with van der Waals surface area (Å²) in [5.74, 6) is 0.883. The molecule has 1 aromatic carbocycles. The Bertz CT molecular complexity index is 328. The molecule has 0 saturated heterocycles. The van der Waals surface area contributed by atoms with Gasteiger partial charge in [-0.2, -0.15) is 0 Å². The average molecular weight is 286 g/mol. The third kappa shape index (κ3) is 3.80. The van der Waals surface area contributed by atoms with Gasteiger partial charge < -0.3 is 10.5 Å². The molecular formula is C13H20BrNO. The summed E-state index contributed by atoms with van der Waals surface area (Å²) in [6.07, 6.45) is 3.40. The van der Waals surface area contributed by atoms with Crippen LogP contribution in [0.3, 0.4) is 0 Å². The van der Waals surface area contributed by atoms with E-state index in [4.69, 9.17) is 10.5 Å². The Morgan fingerprint density at radius 1 is 1.38 bits per heavy atom. The monoisotopic (exact) mass is 285 g/mol. The molecule has 0 aliphatic carbocycles. The van der Waals surface area contributed by atoms with E-state index < -0.39 is 0 Å². The van der Waals surface area contributed by atoms with Gasteiger partial charge in [-0.05, 0) is 47.0 Å². The minimum Gasteiger partial charge on any atom is -0.493 e. The first-order chi connectivity index (χ1) is 7.69. The van der Waals surface area contributed by atoms with E-state index in [9.17, 15) is 0 Å². The van der Waals surface area contributed by atoms with Crippen LogP contribution >= 0.6 is 15.9 Å². The zero-order valence-electron chi connectivity index (χ0n) is 10.0. The lowest BCUT2D eigenvalue weighted by Gasteiger charge is -2.13. The topological polar surface area (TPSA) is 35.2 Å². The van der Waals surface area contributed by atoms with Crippen molar-refractivity contribution in [3.63, 3.8) is 0 Å². The Morgan fingerprint density at radius 3 is 2.69 bits per heavy atom. The summed E-state index contributed by atoms with van der Waals surface area (Å²) < 4.78 is 6.45. The van der Waals surface area contributed by atoms with Crippen LogP contribution in [0.1, 0.15) is 44.7 Å². The molecule has 0 amide bonds. The maximum absolute atomic E-state index is 6.11. The number of nitrogens with two attached hydrogens (primary N) is 1. The molecule has 1 aromatic rings. The third-order valence-corrected chi connectivity index (χ3v) is 3.17. The number of rotatable bonds is 6. The Balaban J connectivity index is 2.71. The molecule has 0 bridgehead atoms. The molecule has 1 unspecified atom stereocenters. The molecular weight excluding hydrogens is 266 g/mol. The molecule has 0 spiro atoms. The largest absolute Gasteiger partial charge is 0.493 e. The first-order valence-electron chi connectivity index (χ1n) is 5.86. The van der Waals surface area contributed by atoms with Crippen LogP contribution in [0.4, 0.5) is 0 Å². The van der Waals surface area contributed by atoms with Gasteiger partial charge in [0.2, 0.25) is 0 Å². The molecule has 0 aromatic heterocycles. The fourth-order valence-electron chi connectivity index (χ4n) is 1.61. The summed E-state index contributed by atoms with van der Waals surface area (Å²) in [4.78, 5) is 0. The van der Waals surface area contributed by atoms with Crippen molar-refractivity contribution in [1.82, 2.24) is 0 Å². The highest BCUT2D eigenvalue weighted by atomic mass is 79.9. The lowest BCUT2D eigenvalue weighted by atomic mass is 10.0. The quantitative estimate of drug-likeness (QED) is 0.856. The van der Waals surface area contributed by atoms with E-state index in [0.29, 0.717) is 6.61 Å². The van der Waals surface area contributed by atoms with Crippen LogP contribution in [0.2, 0.25) is 0 Å². The minimum absolute atomic E-state index is 0.131. The normalized spacial score (nSPS) is 12.5. The highest BCUT2D eigenvalue weighted by molar-refractivity contribution is 9.10. The maximum atomic E-state index is 6.11. The van der Waals surface area contributed by atoms with Crippen molar-refractivity contribution >= 4 is 15.9 Å². The lowest BCUT2D eigenvalue weighted by molar-refractivity contribution is 0.338. The smallest absolute Gasteiger partial charge is 0.133 e. The van der Waals surface area contributed by atoms with Crippen LogP contribution < -0.4 is 10.5 Å². The molecule has 16 heavy (non-hydrogen) atoms.